The molecular weight excluding hydrogens is 268 g/mol. The zero-order valence-corrected chi connectivity index (χ0v) is 11.4. The molecule has 2 aromatic carbocycles. The first-order valence-corrected chi connectivity index (χ1v) is 6.29. The highest BCUT2D eigenvalue weighted by Crippen LogP contribution is 2.29. The number of halogens is 3. The van der Waals surface area contributed by atoms with Crippen LogP contribution in [0.4, 0.5) is 8.78 Å². The van der Waals surface area contributed by atoms with Gasteiger partial charge in [-0.2, -0.15) is 0 Å². The lowest BCUT2D eigenvalue weighted by molar-refractivity contribution is 0.573. The molecule has 0 aromatic heterocycles. The summed E-state index contributed by atoms with van der Waals surface area (Å²) in [7, 11) is 1.73. The van der Waals surface area contributed by atoms with Crippen molar-refractivity contribution >= 4 is 11.6 Å². The van der Waals surface area contributed by atoms with Crippen LogP contribution in [0.5, 0.6) is 0 Å². The highest BCUT2D eigenvalue weighted by Gasteiger charge is 2.19. The van der Waals surface area contributed by atoms with E-state index in [9.17, 15) is 8.78 Å². The molecule has 0 fully saturated rings. The molecule has 1 N–H and O–H groups in total. The first kappa shape index (κ1) is 14.0. The Balaban J connectivity index is 2.53. The highest BCUT2D eigenvalue weighted by atomic mass is 35.5. The van der Waals surface area contributed by atoms with E-state index < -0.39 is 5.82 Å². The topological polar surface area (TPSA) is 12.0 Å². The number of benzene rings is 2. The summed E-state index contributed by atoms with van der Waals surface area (Å²) in [5.41, 5.74) is 2.04. The van der Waals surface area contributed by atoms with Gasteiger partial charge < -0.3 is 5.32 Å². The van der Waals surface area contributed by atoms with Crippen LogP contribution in [0, 0.1) is 18.6 Å². The maximum atomic E-state index is 14.1. The van der Waals surface area contributed by atoms with E-state index in [0.29, 0.717) is 5.56 Å². The summed E-state index contributed by atoms with van der Waals surface area (Å²) in [5.74, 6) is -0.755. The van der Waals surface area contributed by atoms with Crippen LogP contribution < -0.4 is 5.32 Å². The van der Waals surface area contributed by atoms with E-state index in [0.717, 1.165) is 11.1 Å². The quantitative estimate of drug-likeness (QED) is 0.887. The van der Waals surface area contributed by atoms with E-state index in [1.807, 2.05) is 0 Å². The highest BCUT2D eigenvalue weighted by molar-refractivity contribution is 6.30. The minimum Gasteiger partial charge on any atom is -0.309 e. The fraction of sp³-hybridized carbons (Fsp3) is 0.200. The van der Waals surface area contributed by atoms with Crippen LogP contribution >= 0.6 is 11.6 Å². The van der Waals surface area contributed by atoms with Crippen LogP contribution in [0.25, 0.3) is 0 Å². The van der Waals surface area contributed by atoms with Crippen LogP contribution in [0.2, 0.25) is 5.02 Å². The Morgan fingerprint density at radius 2 is 1.84 bits per heavy atom. The van der Waals surface area contributed by atoms with Gasteiger partial charge in [0.25, 0.3) is 0 Å². The van der Waals surface area contributed by atoms with Crippen molar-refractivity contribution in [1.29, 1.82) is 0 Å². The Hall–Kier alpha value is -1.45. The SMILES string of the molecule is CNC(c1ccc(F)cc1C)c1cccc(Cl)c1F. The molecule has 0 radical (unpaired) electrons. The van der Waals surface area contributed by atoms with E-state index >= 15 is 0 Å². The molecule has 0 spiro atoms. The van der Waals surface area contributed by atoms with Crippen molar-refractivity contribution in [2.45, 2.75) is 13.0 Å². The molecule has 2 aromatic rings. The molecule has 0 aliphatic rings. The van der Waals surface area contributed by atoms with Crippen LogP contribution in [-0.2, 0) is 0 Å². The summed E-state index contributed by atoms with van der Waals surface area (Å²) in [6.45, 7) is 1.80. The van der Waals surface area contributed by atoms with E-state index in [1.54, 1.807) is 32.2 Å². The van der Waals surface area contributed by atoms with Crippen LogP contribution in [0.3, 0.4) is 0 Å². The fourth-order valence-corrected chi connectivity index (χ4v) is 2.37. The molecule has 0 aliphatic heterocycles. The van der Waals surface area contributed by atoms with Crippen LogP contribution in [0.1, 0.15) is 22.7 Å². The third kappa shape index (κ3) is 2.77. The second-order valence-corrected chi connectivity index (χ2v) is 4.77. The second kappa shape index (κ2) is 5.68. The van der Waals surface area contributed by atoms with Gasteiger partial charge in [0.15, 0.2) is 0 Å². The Labute approximate surface area is 116 Å². The van der Waals surface area contributed by atoms with Gasteiger partial charge in [0, 0.05) is 5.56 Å². The Bertz CT molecular complexity index is 599. The van der Waals surface area contributed by atoms with Crippen molar-refractivity contribution in [3.63, 3.8) is 0 Å². The fourth-order valence-electron chi connectivity index (χ4n) is 2.18. The summed E-state index contributed by atoms with van der Waals surface area (Å²) in [5, 5.41) is 3.12. The summed E-state index contributed by atoms with van der Waals surface area (Å²) >= 11 is 5.80. The molecule has 1 unspecified atom stereocenters. The predicted molar refractivity (Wildman–Crippen MR) is 73.4 cm³/mol. The minimum absolute atomic E-state index is 0.0810. The van der Waals surface area contributed by atoms with Crippen molar-refractivity contribution in [3.8, 4) is 0 Å². The Morgan fingerprint density at radius 3 is 2.47 bits per heavy atom. The summed E-state index contributed by atoms with van der Waals surface area (Å²) in [6, 6.07) is 8.97. The summed E-state index contributed by atoms with van der Waals surface area (Å²) < 4.78 is 27.2. The molecule has 19 heavy (non-hydrogen) atoms. The first-order valence-electron chi connectivity index (χ1n) is 5.92. The van der Waals surface area contributed by atoms with E-state index in [4.69, 9.17) is 11.6 Å². The first-order chi connectivity index (χ1) is 9.04. The van der Waals surface area contributed by atoms with Crippen molar-refractivity contribution in [1.82, 2.24) is 5.32 Å². The Kier molecular flexibility index (Phi) is 4.17. The molecule has 0 saturated carbocycles. The van der Waals surface area contributed by atoms with E-state index in [-0.39, 0.29) is 16.9 Å². The third-order valence-corrected chi connectivity index (χ3v) is 3.42. The largest absolute Gasteiger partial charge is 0.309 e. The predicted octanol–water partition coefficient (Wildman–Crippen LogP) is 4.24. The van der Waals surface area contributed by atoms with Crippen molar-refractivity contribution in [3.05, 3.63) is 69.7 Å². The van der Waals surface area contributed by atoms with Crippen LogP contribution in [0.15, 0.2) is 36.4 Å². The zero-order valence-electron chi connectivity index (χ0n) is 10.7. The molecule has 0 heterocycles. The van der Waals surface area contributed by atoms with Gasteiger partial charge in [-0.3, -0.25) is 0 Å². The van der Waals surface area contributed by atoms with Gasteiger partial charge in [0.1, 0.15) is 11.6 Å². The van der Waals surface area contributed by atoms with Gasteiger partial charge in [0.2, 0.25) is 0 Å². The third-order valence-electron chi connectivity index (χ3n) is 3.12. The monoisotopic (exact) mass is 281 g/mol. The number of aryl methyl sites for hydroxylation is 1. The number of hydrogen-bond donors (Lipinski definition) is 1. The maximum absolute atomic E-state index is 14.1. The van der Waals surface area contributed by atoms with Gasteiger partial charge in [-0.05, 0) is 43.3 Å². The normalized spacial score (nSPS) is 12.5. The average molecular weight is 282 g/mol. The van der Waals surface area contributed by atoms with Gasteiger partial charge in [-0.1, -0.05) is 29.8 Å². The Morgan fingerprint density at radius 1 is 1.11 bits per heavy atom. The molecule has 0 aliphatic carbocycles. The van der Waals surface area contributed by atoms with Gasteiger partial charge in [-0.25, -0.2) is 8.78 Å². The minimum atomic E-state index is -0.452. The van der Waals surface area contributed by atoms with E-state index in [1.165, 1.54) is 18.2 Å². The van der Waals surface area contributed by atoms with E-state index in [2.05, 4.69) is 5.32 Å². The summed E-state index contributed by atoms with van der Waals surface area (Å²) in [6.07, 6.45) is 0. The standard InChI is InChI=1S/C15H14ClF2N/c1-9-8-10(17)6-7-11(9)15(19-2)12-4-3-5-13(16)14(12)18/h3-8,15,19H,1-2H3. The van der Waals surface area contributed by atoms with Gasteiger partial charge >= 0.3 is 0 Å². The maximum Gasteiger partial charge on any atom is 0.146 e. The smallest absolute Gasteiger partial charge is 0.146 e. The molecule has 1 nitrogen and oxygen atoms in total. The average Bonchev–Trinajstić information content (AvgIpc) is 2.37. The van der Waals surface area contributed by atoms with Gasteiger partial charge in [0.05, 0.1) is 11.1 Å². The van der Waals surface area contributed by atoms with Crippen molar-refractivity contribution in [2.75, 3.05) is 7.05 Å². The molecule has 0 amide bonds. The molecule has 2 rings (SSSR count). The van der Waals surface area contributed by atoms with Crippen molar-refractivity contribution < 1.29 is 8.78 Å². The molecule has 100 valence electrons. The molecule has 0 bridgehead atoms. The lowest BCUT2D eigenvalue weighted by atomic mass is 9.94. The van der Waals surface area contributed by atoms with Crippen molar-refractivity contribution in [2.24, 2.45) is 0 Å². The molecule has 1 atom stereocenters. The lowest BCUT2D eigenvalue weighted by Gasteiger charge is -2.20. The zero-order chi connectivity index (χ0) is 14.0. The summed E-state index contributed by atoms with van der Waals surface area (Å²) in [4.78, 5) is 0. The molecular formula is C15H14ClF2N. The lowest BCUT2D eigenvalue weighted by Crippen LogP contribution is -2.20. The van der Waals surface area contributed by atoms with Gasteiger partial charge in [-0.15, -0.1) is 0 Å². The second-order valence-electron chi connectivity index (χ2n) is 4.37. The number of rotatable bonds is 3. The number of nitrogens with one attached hydrogen (secondary N) is 1. The number of hydrogen-bond acceptors (Lipinski definition) is 1. The molecule has 4 heteroatoms. The molecule has 0 saturated heterocycles. The van der Waals surface area contributed by atoms with Crippen LogP contribution in [-0.4, -0.2) is 7.05 Å².